The molecule has 1 aliphatic rings. The molecule has 1 fully saturated rings. The van der Waals surface area contributed by atoms with Gasteiger partial charge in [0.05, 0.1) is 17.9 Å². The third kappa shape index (κ3) is 3.22. The van der Waals surface area contributed by atoms with Gasteiger partial charge in [0.25, 0.3) is 5.91 Å². The molecular formula is C15H23N3O2. The van der Waals surface area contributed by atoms with Crippen molar-refractivity contribution in [3.63, 3.8) is 0 Å². The highest BCUT2D eigenvalue weighted by Gasteiger charge is 2.22. The zero-order valence-electron chi connectivity index (χ0n) is 12.2. The van der Waals surface area contributed by atoms with Gasteiger partial charge >= 0.3 is 0 Å². The third-order valence-corrected chi connectivity index (χ3v) is 3.75. The van der Waals surface area contributed by atoms with E-state index in [1.807, 2.05) is 6.92 Å². The summed E-state index contributed by atoms with van der Waals surface area (Å²) in [5.74, 6) is 0.355. The second-order valence-electron chi connectivity index (χ2n) is 5.14. The number of nitrogens with two attached hydrogens (primary N) is 1. The van der Waals surface area contributed by atoms with Crippen molar-refractivity contribution in [1.29, 1.82) is 0 Å². The van der Waals surface area contributed by atoms with E-state index >= 15 is 0 Å². The molecule has 1 amide bonds. The Hall–Kier alpha value is -1.75. The molecule has 0 bridgehead atoms. The van der Waals surface area contributed by atoms with Crippen LogP contribution in [-0.4, -0.2) is 43.6 Å². The molecule has 0 aliphatic carbocycles. The Balaban J connectivity index is 2.03. The molecule has 1 saturated heterocycles. The lowest BCUT2D eigenvalue weighted by molar-refractivity contribution is 0.0940. The van der Waals surface area contributed by atoms with Crippen molar-refractivity contribution in [1.82, 2.24) is 10.2 Å². The molecule has 0 aromatic heterocycles. The second kappa shape index (κ2) is 6.61. The maximum atomic E-state index is 12.3. The predicted molar refractivity (Wildman–Crippen MR) is 80.0 cm³/mol. The summed E-state index contributed by atoms with van der Waals surface area (Å²) in [7, 11) is 2.09. The number of rotatable bonds is 5. The maximum Gasteiger partial charge on any atom is 0.255 e. The van der Waals surface area contributed by atoms with Gasteiger partial charge in [0.15, 0.2) is 5.75 Å². The lowest BCUT2D eigenvalue weighted by Crippen LogP contribution is -2.38. The Morgan fingerprint density at radius 2 is 2.35 bits per heavy atom. The van der Waals surface area contributed by atoms with Crippen LogP contribution >= 0.6 is 0 Å². The topological polar surface area (TPSA) is 67.6 Å². The standard InChI is InChI=1S/C15H23N3O2/c1-3-20-14-12(7-4-8-13(14)16)15(19)17-10-11-6-5-9-18(11)2/h4,7-8,11H,3,5-6,9-10,16H2,1-2H3,(H,17,19). The molecule has 0 saturated carbocycles. The third-order valence-electron chi connectivity index (χ3n) is 3.75. The van der Waals surface area contributed by atoms with Crippen LogP contribution in [0.3, 0.4) is 0 Å². The molecule has 3 N–H and O–H groups in total. The van der Waals surface area contributed by atoms with Gasteiger partial charge in [0.2, 0.25) is 0 Å². The highest BCUT2D eigenvalue weighted by atomic mass is 16.5. The molecule has 1 aromatic carbocycles. The van der Waals surface area contributed by atoms with Gasteiger partial charge in [-0.15, -0.1) is 0 Å². The molecule has 5 nitrogen and oxygen atoms in total. The van der Waals surface area contributed by atoms with Gasteiger partial charge in [-0.1, -0.05) is 6.07 Å². The minimum atomic E-state index is -0.124. The number of nitrogens with zero attached hydrogens (tertiary/aromatic N) is 1. The zero-order valence-corrected chi connectivity index (χ0v) is 12.2. The van der Waals surface area contributed by atoms with Gasteiger partial charge in [0.1, 0.15) is 0 Å². The molecule has 110 valence electrons. The van der Waals surface area contributed by atoms with Crippen molar-refractivity contribution in [2.75, 3.05) is 32.5 Å². The Morgan fingerprint density at radius 1 is 1.55 bits per heavy atom. The Labute approximate surface area is 120 Å². The van der Waals surface area contributed by atoms with Crippen molar-refractivity contribution in [2.24, 2.45) is 0 Å². The van der Waals surface area contributed by atoms with E-state index in [4.69, 9.17) is 10.5 Å². The molecule has 0 radical (unpaired) electrons. The van der Waals surface area contributed by atoms with Crippen molar-refractivity contribution < 1.29 is 9.53 Å². The van der Waals surface area contributed by atoms with Gasteiger partial charge in [-0.2, -0.15) is 0 Å². The van der Waals surface area contributed by atoms with Crippen LogP contribution in [0.15, 0.2) is 18.2 Å². The van der Waals surface area contributed by atoms with E-state index in [1.165, 1.54) is 6.42 Å². The van der Waals surface area contributed by atoms with E-state index in [2.05, 4.69) is 17.3 Å². The summed E-state index contributed by atoms with van der Waals surface area (Å²) in [5, 5.41) is 2.98. The van der Waals surface area contributed by atoms with Crippen molar-refractivity contribution in [2.45, 2.75) is 25.8 Å². The van der Waals surface area contributed by atoms with E-state index in [0.717, 1.165) is 13.0 Å². The number of likely N-dealkylation sites (tertiary alicyclic amines) is 1. The van der Waals surface area contributed by atoms with E-state index in [0.29, 0.717) is 36.2 Å². The zero-order chi connectivity index (χ0) is 14.5. The summed E-state index contributed by atoms with van der Waals surface area (Å²) in [6.45, 7) is 4.13. The largest absolute Gasteiger partial charge is 0.491 e. The first kappa shape index (κ1) is 14.7. The molecule has 1 unspecified atom stereocenters. The first-order valence-electron chi connectivity index (χ1n) is 7.13. The number of carbonyl (C=O) groups excluding carboxylic acids is 1. The molecule has 1 heterocycles. The van der Waals surface area contributed by atoms with Crippen molar-refractivity contribution in [3.05, 3.63) is 23.8 Å². The molecule has 2 rings (SSSR count). The van der Waals surface area contributed by atoms with Crippen LogP contribution in [0.25, 0.3) is 0 Å². The molecule has 0 spiro atoms. The summed E-state index contributed by atoms with van der Waals surface area (Å²) in [6, 6.07) is 5.69. The summed E-state index contributed by atoms with van der Waals surface area (Å²) in [5.41, 5.74) is 6.88. The number of carbonyl (C=O) groups is 1. The summed E-state index contributed by atoms with van der Waals surface area (Å²) in [4.78, 5) is 14.6. The lowest BCUT2D eigenvalue weighted by atomic mass is 10.1. The van der Waals surface area contributed by atoms with Crippen LogP contribution in [0.5, 0.6) is 5.75 Å². The number of hydrogen-bond donors (Lipinski definition) is 2. The quantitative estimate of drug-likeness (QED) is 0.800. The van der Waals surface area contributed by atoms with Crippen LogP contribution in [0.4, 0.5) is 5.69 Å². The van der Waals surface area contributed by atoms with Crippen LogP contribution in [0.2, 0.25) is 0 Å². The Bertz CT molecular complexity index is 476. The minimum absolute atomic E-state index is 0.124. The van der Waals surface area contributed by atoms with Crippen molar-refractivity contribution in [3.8, 4) is 5.75 Å². The van der Waals surface area contributed by atoms with E-state index in [9.17, 15) is 4.79 Å². The van der Waals surface area contributed by atoms with E-state index in [-0.39, 0.29) is 5.91 Å². The van der Waals surface area contributed by atoms with Crippen LogP contribution in [0, 0.1) is 0 Å². The summed E-state index contributed by atoms with van der Waals surface area (Å²) in [6.07, 6.45) is 2.32. The second-order valence-corrected chi connectivity index (χ2v) is 5.14. The lowest BCUT2D eigenvalue weighted by Gasteiger charge is -2.20. The van der Waals surface area contributed by atoms with Gasteiger partial charge in [-0.05, 0) is 45.5 Å². The normalized spacial score (nSPS) is 19.0. The Morgan fingerprint density at radius 3 is 3.00 bits per heavy atom. The molecule has 1 aliphatic heterocycles. The van der Waals surface area contributed by atoms with Crippen molar-refractivity contribution >= 4 is 11.6 Å². The van der Waals surface area contributed by atoms with Crippen LogP contribution in [0.1, 0.15) is 30.1 Å². The van der Waals surface area contributed by atoms with Gasteiger partial charge in [-0.3, -0.25) is 4.79 Å². The molecule has 1 aromatic rings. The average molecular weight is 277 g/mol. The smallest absolute Gasteiger partial charge is 0.255 e. The van der Waals surface area contributed by atoms with Crippen LogP contribution in [-0.2, 0) is 0 Å². The number of para-hydroxylation sites is 1. The molecule has 5 heteroatoms. The number of nitrogen functional groups attached to an aromatic ring is 1. The number of ether oxygens (including phenoxy) is 1. The highest BCUT2D eigenvalue weighted by Crippen LogP contribution is 2.26. The van der Waals surface area contributed by atoms with E-state index < -0.39 is 0 Å². The minimum Gasteiger partial charge on any atom is -0.491 e. The number of nitrogens with one attached hydrogen (secondary N) is 1. The van der Waals surface area contributed by atoms with Gasteiger partial charge in [0, 0.05) is 12.6 Å². The number of hydrogen-bond acceptors (Lipinski definition) is 4. The highest BCUT2D eigenvalue weighted by molar-refractivity contribution is 5.98. The predicted octanol–water partition coefficient (Wildman–Crippen LogP) is 1.49. The monoisotopic (exact) mass is 277 g/mol. The van der Waals surface area contributed by atoms with Gasteiger partial charge < -0.3 is 20.7 Å². The van der Waals surface area contributed by atoms with Gasteiger partial charge in [-0.25, -0.2) is 0 Å². The number of likely N-dealkylation sites (N-methyl/N-ethyl adjacent to an activating group) is 1. The number of benzene rings is 1. The fourth-order valence-electron chi connectivity index (χ4n) is 2.58. The van der Waals surface area contributed by atoms with Crippen LogP contribution < -0.4 is 15.8 Å². The molecule has 1 atom stereocenters. The number of anilines is 1. The Kier molecular flexibility index (Phi) is 4.84. The fraction of sp³-hybridized carbons (Fsp3) is 0.533. The SMILES string of the molecule is CCOc1c(N)cccc1C(=O)NCC1CCCN1C. The number of amides is 1. The maximum absolute atomic E-state index is 12.3. The first-order chi connectivity index (χ1) is 9.63. The fourth-order valence-corrected chi connectivity index (χ4v) is 2.58. The summed E-state index contributed by atoms with van der Waals surface area (Å²) >= 11 is 0. The average Bonchev–Trinajstić information content (AvgIpc) is 2.84. The molecular weight excluding hydrogens is 254 g/mol. The first-order valence-corrected chi connectivity index (χ1v) is 7.13. The summed E-state index contributed by atoms with van der Waals surface area (Å²) < 4.78 is 5.49. The van der Waals surface area contributed by atoms with E-state index in [1.54, 1.807) is 18.2 Å². The molecule has 20 heavy (non-hydrogen) atoms.